The first-order valence-electron chi connectivity index (χ1n) is 24.6. The number of hydrogen-bond acceptors (Lipinski definition) is 16. The van der Waals surface area contributed by atoms with Crippen LogP contribution in [0.3, 0.4) is 0 Å². The Morgan fingerprint density at radius 1 is 0.779 bits per heavy atom. The number of carbonyl (C=O) groups excluding carboxylic acids is 7. The molecule has 400 valence electrons. The molecule has 0 saturated carbocycles. The van der Waals surface area contributed by atoms with E-state index in [-0.39, 0.29) is 140 Å². The van der Waals surface area contributed by atoms with E-state index in [0.717, 1.165) is 11.3 Å². The number of phenolic OH excluding ortho intramolecular Hbond substituents is 2. The normalized spacial score (nSPS) is 14.3. The smallest absolute Gasteiger partial charge is 0.415 e. The molecule has 3 aliphatic rings. The molecule has 1 spiro atoms. The van der Waals surface area contributed by atoms with E-state index >= 15 is 0 Å². The summed E-state index contributed by atoms with van der Waals surface area (Å²) in [5, 5.41) is 26.1. The molecule has 0 radical (unpaired) electrons. The standard InChI is InChI=1S/C56H56N6O14S/c1-31-32(2)50(68)48(33(3)49(31)67)55(4,5)30-47(66)61(7)19-20-62(54(71)74-37-11-15-42-45(29-37)77-53(57-6)60-42)21-23-73-25-24-72-22-16-46(65)58-17-18-59-51(69)34-8-12-39-38(26-34)52(70)76-56(39)40-13-9-35(63)27-43(40)75-44-28-36(64)10-14-41(44)56/h8-15,26-29,63-64H,16-25,30H2,1-5,7H3,(H,58,65)(H,59,69). The minimum atomic E-state index is -1.47. The molecule has 8 rings (SSSR count). The molecule has 5 aromatic rings. The van der Waals surface area contributed by atoms with Crippen LogP contribution >= 0.6 is 11.3 Å². The number of allylic oxidation sites excluding steroid dienone is 4. The van der Waals surface area contributed by atoms with Gasteiger partial charge in [-0.3, -0.25) is 24.0 Å². The number of phenols is 2. The molecule has 0 unspecified atom stereocenters. The second-order valence-corrected chi connectivity index (χ2v) is 20.3. The van der Waals surface area contributed by atoms with Crippen molar-refractivity contribution < 1.29 is 67.5 Å². The SMILES string of the molecule is [C-]#[N+]c1nc2ccc(OC(=O)N(CCOCCOCCC(=O)NCCNC(=O)c3ccc4c(c3)C(=O)OC43c4ccc(O)cc4Oc4cc(O)ccc43)CCN(C)C(=O)CC(C)(C)C3=C(C)C(=O)C(C)=C(C)C3=O)cc2s1. The number of likely N-dealkylation sites (N-methyl/N-ethyl adjacent to an activating group) is 1. The fourth-order valence-corrected chi connectivity index (χ4v) is 10.2. The maximum atomic E-state index is 13.6. The van der Waals surface area contributed by atoms with E-state index in [1.807, 2.05) is 0 Å². The van der Waals surface area contributed by atoms with E-state index in [1.54, 1.807) is 84.1 Å². The summed E-state index contributed by atoms with van der Waals surface area (Å²) in [6, 6.07) is 18.3. The van der Waals surface area contributed by atoms with Gasteiger partial charge in [-0.1, -0.05) is 26.5 Å². The van der Waals surface area contributed by atoms with Crippen LogP contribution in [0.2, 0.25) is 0 Å². The largest absolute Gasteiger partial charge is 0.508 e. The highest BCUT2D eigenvalue weighted by Crippen LogP contribution is 2.57. The number of Topliss-reactive ketones (excluding diaryl/α,β-unsaturated/α-hetero) is 2. The lowest BCUT2D eigenvalue weighted by molar-refractivity contribution is -0.132. The predicted molar refractivity (Wildman–Crippen MR) is 280 cm³/mol. The monoisotopic (exact) mass is 1070 g/mol. The van der Waals surface area contributed by atoms with Crippen molar-refractivity contribution in [3.05, 3.63) is 134 Å². The van der Waals surface area contributed by atoms with Crippen LogP contribution in [0.5, 0.6) is 28.7 Å². The average Bonchev–Trinajstić information content (AvgIpc) is 4.12. The third kappa shape index (κ3) is 11.5. The lowest BCUT2D eigenvalue weighted by atomic mass is 9.71. The zero-order valence-electron chi connectivity index (χ0n) is 43.2. The van der Waals surface area contributed by atoms with Gasteiger partial charge < -0.3 is 59.2 Å². The van der Waals surface area contributed by atoms with Gasteiger partial charge >= 0.3 is 17.2 Å². The van der Waals surface area contributed by atoms with Crippen LogP contribution in [-0.2, 0) is 39.0 Å². The second-order valence-electron chi connectivity index (χ2n) is 19.3. The van der Waals surface area contributed by atoms with Crippen molar-refractivity contribution in [3.63, 3.8) is 0 Å². The number of benzene rings is 4. The molecule has 2 aliphatic heterocycles. The minimum absolute atomic E-state index is 0.0245. The van der Waals surface area contributed by atoms with Crippen molar-refractivity contribution >= 4 is 68.0 Å². The van der Waals surface area contributed by atoms with Gasteiger partial charge in [0.15, 0.2) is 22.7 Å². The number of aromatic hydroxyl groups is 2. The van der Waals surface area contributed by atoms with Crippen LogP contribution in [-0.4, -0.2) is 133 Å². The van der Waals surface area contributed by atoms with Gasteiger partial charge in [-0.25, -0.2) is 9.59 Å². The summed E-state index contributed by atoms with van der Waals surface area (Å²) in [6.45, 7) is 16.5. The number of rotatable bonds is 20. The van der Waals surface area contributed by atoms with Gasteiger partial charge in [0.05, 0.1) is 36.7 Å². The Kier molecular flexibility index (Phi) is 16.2. The Hall–Kier alpha value is -8.45. The van der Waals surface area contributed by atoms with Crippen LogP contribution in [0.4, 0.5) is 9.93 Å². The zero-order valence-corrected chi connectivity index (χ0v) is 44.0. The summed E-state index contributed by atoms with van der Waals surface area (Å²) in [6.07, 6.45) is -0.749. The maximum absolute atomic E-state index is 13.6. The number of hydrogen-bond donors (Lipinski definition) is 4. The third-order valence-electron chi connectivity index (χ3n) is 13.6. The fraction of sp³-hybridized carbons (Fsp3) is 0.339. The first-order chi connectivity index (χ1) is 36.7. The molecule has 4 aromatic carbocycles. The highest BCUT2D eigenvalue weighted by Gasteiger charge is 2.54. The Morgan fingerprint density at radius 2 is 1.43 bits per heavy atom. The topological polar surface area (TPSA) is 254 Å². The Balaban J connectivity index is 0.773. The molecule has 21 heteroatoms. The van der Waals surface area contributed by atoms with Gasteiger partial charge in [-0.05, 0) is 69.3 Å². The van der Waals surface area contributed by atoms with Crippen molar-refractivity contribution in [2.24, 2.45) is 5.41 Å². The van der Waals surface area contributed by atoms with Crippen molar-refractivity contribution in [3.8, 4) is 28.7 Å². The van der Waals surface area contributed by atoms with Crippen molar-refractivity contribution in [2.45, 2.75) is 53.1 Å². The number of esters is 1. The summed E-state index contributed by atoms with van der Waals surface area (Å²) in [5.41, 5.74) is 1.24. The molecule has 4 N–H and O–H groups in total. The maximum Gasteiger partial charge on any atom is 0.415 e. The Bertz CT molecular complexity index is 3300. The van der Waals surface area contributed by atoms with E-state index in [1.165, 1.54) is 40.1 Å². The van der Waals surface area contributed by atoms with Crippen molar-refractivity contribution in [1.82, 2.24) is 25.4 Å². The van der Waals surface area contributed by atoms with E-state index in [2.05, 4.69) is 20.5 Å². The van der Waals surface area contributed by atoms with E-state index < -0.39 is 29.0 Å². The average molecular weight is 1070 g/mol. The summed E-state index contributed by atoms with van der Waals surface area (Å²) < 4.78 is 29.8. The summed E-state index contributed by atoms with van der Waals surface area (Å²) in [5.74, 6) is -1.73. The van der Waals surface area contributed by atoms with Crippen LogP contribution in [0.1, 0.15) is 84.9 Å². The van der Waals surface area contributed by atoms with Crippen LogP contribution in [0.15, 0.2) is 95.1 Å². The fourth-order valence-electron chi connectivity index (χ4n) is 9.45. The van der Waals surface area contributed by atoms with Gasteiger partial charge in [0.2, 0.25) is 11.8 Å². The van der Waals surface area contributed by atoms with E-state index in [0.29, 0.717) is 49.2 Å². The number of ether oxygens (including phenoxy) is 5. The third-order valence-corrected chi connectivity index (χ3v) is 14.5. The van der Waals surface area contributed by atoms with Crippen molar-refractivity contribution in [2.75, 3.05) is 66.2 Å². The summed E-state index contributed by atoms with van der Waals surface area (Å²) in [7, 11) is 1.59. The highest BCUT2D eigenvalue weighted by atomic mass is 32.1. The first-order valence-corrected chi connectivity index (χ1v) is 25.4. The quantitative estimate of drug-likeness (QED) is 0.0259. The number of nitrogens with zero attached hydrogens (tertiary/aromatic N) is 4. The van der Waals surface area contributed by atoms with Crippen LogP contribution in [0, 0.1) is 12.0 Å². The molecule has 1 aromatic heterocycles. The number of carbonyl (C=O) groups is 7. The molecule has 4 amide bonds. The zero-order chi connectivity index (χ0) is 55.3. The Morgan fingerprint density at radius 3 is 2.12 bits per heavy atom. The number of ketones is 2. The number of amides is 4. The molecule has 0 fully saturated rings. The Labute approximate surface area is 447 Å². The molecule has 0 bridgehead atoms. The molecule has 77 heavy (non-hydrogen) atoms. The van der Waals surface area contributed by atoms with Crippen LogP contribution in [0.25, 0.3) is 15.1 Å². The number of aromatic nitrogens is 1. The first kappa shape index (κ1) is 54.8. The second kappa shape index (κ2) is 22.8. The molecular formula is C56H56N6O14S. The molecule has 0 atom stereocenters. The molecule has 20 nitrogen and oxygen atoms in total. The molecule has 0 saturated heterocycles. The summed E-state index contributed by atoms with van der Waals surface area (Å²) >= 11 is 1.16. The predicted octanol–water partition coefficient (Wildman–Crippen LogP) is 7.28. The van der Waals surface area contributed by atoms with Gasteiger partial charge in [0.25, 0.3) is 5.91 Å². The van der Waals surface area contributed by atoms with Crippen molar-refractivity contribution in [1.29, 1.82) is 0 Å². The number of thiazole rings is 1. The van der Waals surface area contributed by atoms with Gasteiger partial charge in [0.1, 0.15) is 28.7 Å². The van der Waals surface area contributed by atoms with E-state index in [9.17, 15) is 43.8 Å². The number of fused-ring (bicyclic) bond motifs is 7. The molecular weight excluding hydrogens is 1010 g/mol. The van der Waals surface area contributed by atoms with Gasteiger partial charge in [-0.15, -0.1) is 16.3 Å². The lowest BCUT2D eigenvalue weighted by Crippen LogP contribution is -2.43. The summed E-state index contributed by atoms with van der Waals surface area (Å²) in [4.78, 5) is 103. The van der Waals surface area contributed by atoms with Gasteiger partial charge in [0, 0.05) is 121 Å². The molecule has 1 aliphatic carbocycles. The number of nitrogens with one attached hydrogen (secondary N) is 2. The highest BCUT2D eigenvalue weighted by molar-refractivity contribution is 7.22. The van der Waals surface area contributed by atoms with E-state index in [4.69, 9.17) is 30.3 Å². The molecule has 3 heterocycles. The minimum Gasteiger partial charge on any atom is -0.508 e. The van der Waals surface area contributed by atoms with Crippen LogP contribution < -0.4 is 20.1 Å². The van der Waals surface area contributed by atoms with Gasteiger partial charge in [-0.2, -0.15) is 0 Å². The lowest BCUT2D eigenvalue weighted by Gasteiger charge is -2.36.